The van der Waals surface area contributed by atoms with Crippen molar-refractivity contribution < 1.29 is 25.6 Å². The Morgan fingerprint density at radius 1 is 1.22 bits per heavy atom. The summed E-state index contributed by atoms with van der Waals surface area (Å²) in [5, 5.41) is 10.7. The lowest BCUT2D eigenvalue weighted by atomic mass is 10.2. The largest absolute Gasteiger partial charge is 0.299 e. The number of nitrogens with one attached hydrogen (secondary N) is 1. The number of hydrogen-bond donors (Lipinski definition) is 2. The number of benzene rings is 1. The second-order valence-electron chi connectivity index (χ2n) is 6.56. The van der Waals surface area contributed by atoms with Gasteiger partial charge in [-0.1, -0.05) is 17.7 Å². The molecule has 32 heavy (non-hydrogen) atoms. The maximum Gasteiger partial charge on any atom is 0.299 e. The van der Waals surface area contributed by atoms with Crippen LogP contribution in [0.15, 0.2) is 49.1 Å². The van der Waals surface area contributed by atoms with E-state index in [-0.39, 0.29) is 37.6 Å². The van der Waals surface area contributed by atoms with Gasteiger partial charge in [0.25, 0.3) is 25.8 Å². The summed E-state index contributed by atoms with van der Waals surface area (Å²) in [5.41, 5.74) is -0.114. The summed E-state index contributed by atoms with van der Waals surface area (Å²) in [4.78, 5) is 12.2. The first-order chi connectivity index (χ1) is 14.7. The fourth-order valence-corrected chi connectivity index (χ4v) is 3.80. The molecule has 0 aliphatic carbocycles. The molecule has 1 aromatic carbocycles. The zero-order chi connectivity index (χ0) is 24.4. The fraction of sp³-hybridized carbons (Fsp3) is 0.278. The summed E-state index contributed by atoms with van der Waals surface area (Å²) in [6.45, 7) is 5.85. The number of aryl methyl sites for hydroxylation is 2. The van der Waals surface area contributed by atoms with Gasteiger partial charge < -0.3 is 0 Å². The highest BCUT2D eigenvalue weighted by molar-refractivity contribution is 7.89. The molecule has 2 aromatic rings. The Morgan fingerprint density at radius 3 is 2.38 bits per heavy atom. The highest BCUT2D eigenvalue weighted by Gasteiger charge is 2.21. The van der Waals surface area contributed by atoms with Crippen LogP contribution in [-0.2, 0) is 24.4 Å². The third-order valence-corrected chi connectivity index (χ3v) is 6.98. The first kappa shape index (κ1) is 25.7. The van der Waals surface area contributed by atoms with Crippen molar-refractivity contribution in [2.24, 2.45) is 10.2 Å². The smallest absolute Gasteiger partial charge is 0.293 e. The summed E-state index contributed by atoms with van der Waals surface area (Å²) in [6, 6.07) is 2.56. The molecule has 11 nitrogen and oxygen atoms in total. The number of azo groups is 1. The normalized spacial score (nSPS) is 13.8. The van der Waals surface area contributed by atoms with Crippen molar-refractivity contribution in [1.29, 1.82) is 0 Å². The lowest BCUT2D eigenvalue weighted by molar-refractivity contribution is 0.398. The zero-order valence-electron chi connectivity index (χ0n) is 17.7. The molecule has 0 saturated heterocycles. The third-order valence-electron chi connectivity index (χ3n) is 4.34. The van der Waals surface area contributed by atoms with Gasteiger partial charge in [0.1, 0.15) is 10.6 Å². The summed E-state index contributed by atoms with van der Waals surface area (Å²) >= 11 is 6.08. The number of allylic oxidation sites excluding steroid dienone is 4. The van der Waals surface area contributed by atoms with Gasteiger partial charge in [0.15, 0.2) is 5.69 Å². The van der Waals surface area contributed by atoms with Crippen LogP contribution in [0.5, 0.6) is 0 Å². The van der Waals surface area contributed by atoms with Crippen LogP contribution in [-0.4, -0.2) is 38.3 Å². The average molecular weight is 505 g/mol. The monoisotopic (exact) mass is 504 g/mol. The van der Waals surface area contributed by atoms with Gasteiger partial charge in [0.05, 0.1) is 23.4 Å². The maximum absolute atomic E-state index is 12.8. The van der Waals surface area contributed by atoms with Gasteiger partial charge in [-0.05, 0) is 51.5 Å². The first-order valence-corrected chi connectivity index (χ1v) is 12.1. The molecule has 0 saturated carbocycles. The molecule has 174 valence electrons. The molecule has 0 aliphatic rings. The minimum Gasteiger partial charge on any atom is -0.293 e. The summed E-state index contributed by atoms with van der Waals surface area (Å²) < 4.78 is 61.7. The third kappa shape index (κ3) is 5.42. The second kappa shape index (κ2) is 9.50. The van der Waals surface area contributed by atoms with Gasteiger partial charge in [0, 0.05) is 5.02 Å². The van der Waals surface area contributed by atoms with Gasteiger partial charge in [-0.25, -0.2) is 4.68 Å². The van der Waals surface area contributed by atoms with Crippen LogP contribution in [0.25, 0.3) is 5.70 Å². The Labute approximate surface area is 189 Å². The Hall–Kier alpha value is -2.58. The van der Waals surface area contributed by atoms with Gasteiger partial charge in [0.2, 0.25) is 0 Å². The lowest BCUT2D eigenvalue weighted by Gasteiger charge is -2.07. The maximum atomic E-state index is 12.8. The number of aromatic amines is 1. The van der Waals surface area contributed by atoms with Crippen LogP contribution in [0.1, 0.15) is 25.1 Å². The number of halogens is 1. The van der Waals surface area contributed by atoms with Crippen molar-refractivity contribution in [3.63, 3.8) is 0 Å². The van der Waals surface area contributed by atoms with Gasteiger partial charge in [-0.15, -0.1) is 10.2 Å². The molecule has 1 heterocycles. The molecule has 2 rings (SSSR count). The van der Waals surface area contributed by atoms with E-state index in [0.29, 0.717) is 5.56 Å². The van der Waals surface area contributed by atoms with E-state index in [1.165, 1.54) is 32.1 Å². The van der Waals surface area contributed by atoms with E-state index >= 15 is 0 Å². The van der Waals surface area contributed by atoms with Crippen molar-refractivity contribution >= 4 is 48.9 Å². The Bertz CT molecular complexity index is 1420. The van der Waals surface area contributed by atoms with E-state index in [1.54, 1.807) is 13.8 Å². The predicted octanol–water partition coefficient (Wildman–Crippen LogP) is 3.85. The molecular formula is C18H21ClN4O7S2. The van der Waals surface area contributed by atoms with Crippen LogP contribution >= 0.6 is 11.6 Å². The van der Waals surface area contributed by atoms with Crippen molar-refractivity contribution in [2.45, 2.75) is 32.6 Å². The number of hydrogen-bond acceptors (Lipinski definition) is 8. The summed E-state index contributed by atoms with van der Waals surface area (Å²) in [6.07, 6.45) is 2.53. The Balaban J connectivity index is 2.62. The van der Waals surface area contributed by atoms with E-state index in [1.807, 2.05) is 0 Å². The zero-order valence-corrected chi connectivity index (χ0v) is 20.1. The van der Waals surface area contributed by atoms with Crippen LogP contribution in [0.2, 0.25) is 5.02 Å². The topological polar surface area (TPSA) is 160 Å². The lowest BCUT2D eigenvalue weighted by Crippen LogP contribution is -2.15. The molecule has 0 unspecified atom stereocenters. The molecule has 0 aliphatic heterocycles. The SMILES string of the molecule is C/C=C(\C=C(/C)S(=O)(=O)O)n1[nH]c(C)c(N=Nc2cc(Cl)c(C)cc2S(=O)(=O)OC)c1=O. The minimum atomic E-state index is -4.44. The van der Waals surface area contributed by atoms with E-state index in [2.05, 4.69) is 19.5 Å². The molecule has 1 aromatic heterocycles. The number of nitrogens with zero attached hydrogens (tertiary/aromatic N) is 3. The molecule has 0 bridgehead atoms. The van der Waals surface area contributed by atoms with Crippen LogP contribution in [0.3, 0.4) is 0 Å². The van der Waals surface area contributed by atoms with Crippen LogP contribution in [0, 0.1) is 13.8 Å². The van der Waals surface area contributed by atoms with Gasteiger partial charge in [-0.2, -0.15) is 16.8 Å². The van der Waals surface area contributed by atoms with Crippen molar-refractivity contribution in [1.82, 2.24) is 9.78 Å². The highest BCUT2D eigenvalue weighted by Crippen LogP contribution is 2.32. The van der Waals surface area contributed by atoms with Crippen molar-refractivity contribution in [2.75, 3.05) is 7.11 Å². The van der Waals surface area contributed by atoms with Crippen molar-refractivity contribution in [3.8, 4) is 0 Å². The van der Waals surface area contributed by atoms with Crippen LogP contribution < -0.4 is 5.56 Å². The second-order valence-corrected chi connectivity index (χ2v) is 10.2. The molecule has 0 fully saturated rings. The average Bonchev–Trinajstić information content (AvgIpc) is 2.99. The number of H-pyrrole nitrogens is 1. The molecule has 0 radical (unpaired) electrons. The molecule has 14 heteroatoms. The summed E-state index contributed by atoms with van der Waals surface area (Å²) in [7, 11) is -7.58. The number of aromatic nitrogens is 2. The Morgan fingerprint density at radius 2 is 1.84 bits per heavy atom. The van der Waals surface area contributed by atoms with Gasteiger partial charge >= 0.3 is 0 Å². The first-order valence-electron chi connectivity index (χ1n) is 8.89. The van der Waals surface area contributed by atoms with E-state index < -0.39 is 25.8 Å². The Kier molecular flexibility index (Phi) is 7.63. The van der Waals surface area contributed by atoms with Gasteiger partial charge in [-0.3, -0.25) is 18.6 Å². The predicted molar refractivity (Wildman–Crippen MR) is 120 cm³/mol. The van der Waals surface area contributed by atoms with E-state index in [9.17, 15) is 21.6 Å². The molecular weight excluding hydrogens is 484 g/mol. The van der Waals surface area contributed by atoms with E-state index in [0.717, 1.165) is 17.9 Å². The quantitative estimate of drug-likeness (QED) is 0.250. The summed E-state index contributed by atoms with van der Waals surface area (Å²) in [5.74, 6) is 0. The molecule has 0 spiro atoms. The standard InChI is InChI=1S/C18H21ClN4O7S2/c1-6-13(8-11(3)31(25,26)27)23-18(24)17(12(4)22-23)21-20-15-9-14(19)10(2)7-16(15)32(28,29)30-5/h6-9,22H,1-5H3,(H,25,26,27)/b11-8+,13-6+,21-20?. The minimum absolute atomic E-state index is 0.121. The molecule has 0 amide bonds. The number of rotatable bonds is 7. The fourth-order valence-electron chi connectivity index (χ4n) is 2.51. The highest BCUT2D eigenvalue weighted by atomic mass is 35.5. The molecule has 0 atom stereocenters. The van der Waals surface area contributed by atoms with E-state index in [4.69, 9.17) is 16.2 Å². The van der Waals surface area contributed by atoms with Crippen LogP contribution in [0.4, 0.5) is 11.4 Å². The van der Waals surface area contributed by atoms with Crippen molar-refractivity contribution in [3.05, 3.63) is 55.8 Å². The molecule has 2 N–H and O–H groups in total.